The number of hydrogen-bond donors (Lipinski definition) is 3. The average molecular weight is 631 g/mol. The number of aromatic nitrogens is 3. The highest BCUT2D eigenvalue weighted by molar-refractivity contribution is 7.90. The molecule has 0 bridgehead atoms. The lowest BCUT2D eigenvalue weighted by atomic mass is 9.71. The van der Waals surface area contributed by atoms with Crippen molar-refractivity contribution in [2.24, 2.45) is 11.3 Å². The van der Waals surface area contributed by atoms with Crippen LogP contribution in [0, 0.1) is 11.3 Å². The van der Waals surface area contributed by atoms with E-state index >= 15 is 0 Å². The van der Waals surface area contributed by atoms with Crippen molar-refractivity contribution in [3.8, 4) is 0 Å². The Kier molecular flexibility index (Phi) is 8.36. The minimum atomic E-state index is -3.70. The molecule has 2 atom stereocenters. The van der Waals surface area contributed by atoms with E-state index in [2.05, 4.69) is 46.8 Å². The fourth-order valence-corrected chi connectivity index (χ4v) is 7.07. The molecule has 2 aliphatic carbocycles. The molecule has 43 heavy (non-hydrogen) atoms. The SMILES string of the molecule is CN(C)S(=O)(=O)Nc1ccc([C@@H](CC[N+](C)(C)C2(O)CC2)NC(=O)c2nc3cc4c(nc3s2)CC[C@H](C(C)(C)C)C4)cn1. The number of nitrogens with zero attached hydrogens (tertiary/aromatic N) is 5. The maximum absolute atomic E-state index is 13.6. The molecular weight excluding hydrogens is 587 g/mol. The fraction of sp³-hybridized carbons (Fsp3) is 0.600. The predicted molar refractivity (Wildman–Crippen MR) is 169 cm³/mol. The number of pyridine rings is 2. The smallest absolute Gasteiger partial charge is 0.302 e. The van der Waals surface area contributed by atoms with Gasteiger partial charge in [0.05, 0.1) is 26.7 Å². The summed E-state index contributed by atoms with van der Waals surface area (Å²) in [7, 11) is 3.16. The number of hydrogen-bond acceptors (Lipinski definition) is 8. The Balaban J connectivity index is 1.37. The van der Waals surface area contributed by atoms with Crippen LogP contribution in [0.4, 0.5) is 5.82 Å². The number of amides is 1. The molecule has 11 nitrogen and oxygen atoms in total. The maximum atomic E-state index is 13.6. The van der Waals surface area contributed by atoms with Gasteiger partial charge >= 0.3 is 10.2 Å². The first-order valence-corrected chi connectivity index (χ1v) is 17.0. The number of rotatable bonds is 10. The van der Waals surface area contributed by atoms with Crippen LogP contribution in [-0.4, -0.2) is 83.6 Å². The highest BCUT2D eigenvalue weighted by Gasteiger charge is 2.55. The minimum absolute atomic E-state index is 0.181. The van der Waals surface area contributed by atoms with E-state index in [4.69, 9.17) is 4.98 Å². The van der Waals surface area contributed by atoms with Crippen molar-refractivity contribution in [2.45, 2.75) is 71.1 Å². The molecule has 0 saturated heterocycles. The lowest BCUT2D eigenvalue weighted by Crippen LogP contribution is -2.52. The Morgan fingerprint density at radius 1 is 1.23 bits per heavy atom. The third-order valence-corrected chi connectivity index (χ3v) is 11.6. The number of carbonyl (C=O) groups excluding carboxylic acids is 1. The summed E-state index contributed by atoms with van der Waals surface area (Å²) in [4.78, 5) is 28.3. The summed E-state index contributed by atoms with van der Waals surface area (Å²) >= 11 is 1.30. The van der Waals surface area contributed by atoms with Gasteiger partial charge in [0.1, 0.15) is 16.2 Å². The molecule has 0 aliphatic heterocycles. The van der Waals surface area contributed by atoms with Crippen LogP contribution in [0.25, 0.3) is 10.3 Å². The Bertz CT molecular complexity index is 1610. The molecule has 2 aliphatic rings. The van der Waals surface area contributed by atoms with Gasteiger partial charge in [0, 0.05) is 45.2 Å². The summed E-state index contributed by atoms with van der Waals surface area (Å²) in [5.74, 6) is 0.461. The third kappa shape index (κ3) is 6.85. The molecule has 1 fully saturated rings. The first-order valence-electron chi connectivity index (χ1n) is 14.8. The molecule has 13 heteroatoms. The van der Waals surface area contributed by atoms with Crippen molar-refractivity contribution >= 4 is 43.6 Å². The molecule has 234 valence electrons. The van der Waals surface area contributed by atoms with E-state index in [1.807, 2.05) is 14.1 Å². The van der Waals surface area contributed by atoms with Crippen molar-refractivity contribution in [1.29, 1.82) is 0 Å². The lowest BCUT2D eigenvalue weighted by Gasteiger charge is -2.36. The molecule has 0 spiro atoms. The number of nitrogens with one attached hydrogen (secondary N) is 2. The van der Waals surface area contributed by atoms with Crippen molar-refractivity contribution in [1.82, 2.24) is 24.6 Å². The van der Waals surface area contributed by atoms with E-state index in [0.29, 0.717) is 28.4 Å². The molecule has 3 aromatic rings. The molecule has 0 radical (unpaired) electrons. The summed E-state index contributed by atoms with van der Waals surface area (Å²) in [6, 6.07) is 5.02. The second kappa shape index (κ2) is 11.3. The van der Waals surface area contributed by atoms with Gasteiger partial charge in [-0.2, -0.15) is 12.7 Å². The highest BCUT2D eigenvalue weighted by atomic mass is 32.2. The zero-order chi connectivity index (χ0) is 31.4. The standard InChI is InChI=1S/C30H43N7O4S2/c1-29(2,3)21-9-10-22-20(16-21)17-24-27(33-22)42-28(34-24)26(38)32-23(12-15-37(6,7)30(39)13-14-30)19-8-11-25(31-18-19)35-43(40,41)36(4)5/h8,11,17-18,21,23,39H,9-10,12-16H2,1-7H3,(H-,31,32,35,38)/p+1/t21-,23+/m0/s1. The quantitative estimate of drug-likeness (QED) is 0.228. The first-order chi connectivity index (χ1) is 20.0. The Morgan fingerprint density at radius 3 is 2.56 bits per heavy atom. The Morgan fingerprint density at radius 2 is 1.95 bits per heavy atom. The third-order valence-electron chi connectivity index (χ3n) is 9.18. The van der Waals surface area contributed by atoms with Crippen molar-refractivity contribution in [2.75, 3.05) is 39.5 Å². The number of anilines is 1. The van der Waals surface area contributed by atoms with Crippen LogP contribution < -0.4 is 10.0 Å². The van der Waals surface area contributed by atoms with Gasteiger partial charge in [0.25, 0.3) is 5.91 Å². The van der Waals surface area contributed by atoms with Gasteiger partial charge in [-0.15, -0.1) is 0 Å². The normalized spacial score (nSPS) is 19.2. The van der Waals surface area contributed by atoms with Crippen LogP contribution >= 0.6 is 11.3 Å². The number of carbonyl (C=O) groups is 1. The molecular formula is C30H44N7O4S2+. The highest BCUT2D eigenvalue weighted by Crippen LogP contribution is 2.43. The van der Waals surface area contributed by atoms with Crippen LogP contribution in [-0.2, 0) is 23.1 Å². The number of aryl methyl sites for hydroxylation is 1. The van der Waals surface area contributed by atoms with Gasteiger partial charge in [0.2, 0.25) is 5.72 Å². The summed E-state index contributed by atoms with van der Waals surface area (Å²) in [5.41, 5.74) is 3.28. The van der Waals surface area contributed by atoms with E-state index in [1.54, 1.807) is 18.3 Å². The zero-order valence-electron chi connectivity index (χ0n) is 26.1. The second-order valence-corrected chi connectivity index (χ2v) is 16.7. The van der Waals surface area contributed by atoms with E-state index in [9.17, 15) is 18.3 Å². The number of fused-ring (bicyclic) bond motifs is 2. The van der Waals surface area contributed by atoms with E-state index in [-0.39, 0.29) is 17.1 Å². The number of thiazole rings is 1. The van der Waals surface area contributed by atoms with Crippen molar-refractivity contribution in [3.05, 3.63) is 46.2 Å². The molecule has 3 heterocycles. The molecule has 1 amide bonds. The molecule has 0 aromatic carbocycles. The second-order valence-electron chi connectivity index (χ2n) is 13.8. The predicted octanol–water partition coefficient (Wildman–Crippen LogP) is 3.88. The van der Waals surface area contributed by atoms with Gasteiger partial charge in [-0.05, 0) is 53.9 Å². The fourth-order valence-electron chi connectivity index (χ4n) is 5.66. The van der Waals surface area contributed by atoms with Crippen molar-refractivity contribution in [3.63, 3.8) is 0 Å². The zero-order valence-corrected chi connectivity index (χ0v) is 27.8. The first kappa shape index (κ1) is 31.7. The summed E-state index contributed by atoms with van der Waals surface area (Å²) < 4.78 is 28.4. The summed E-state index contributed by atoms with van der Waals surface area (Å²) in [6.07, 6.45) is 6.62. The van der Waals surface area contributed by atoms with Crippen LogP contribution in [0.3, 0.4) is 0 Å². The van der Waals surface area contributed by atoms with E-state index in [1.165, 1.54) is 31.0 Å². The van der Waals surface area contributed by atoms with Gasteiger partial charge < -0.3 is 14.9 Å². The van der Waals surface area contributed by atoms with Gasteiger partial charge in [-0.1, -0.05) is 38.2 Å². The van der Waals surface area contributed by atoms with Crippen LogP contribution in [0.2, 0.25) is 0 Å². The minimum Gasteiger partial charge on any atom is -0.343 e. The van der Waals surface area contributed by atoms with Crippen LogP contribution in [0.5, 0.6) is 0 Å². The van der Waals surface area contributed by atoms with Crippen molar-refractivity contribution < 1.29 is 22.8 Å². The van der Waals surface area contributed by atoms with E-state index in [0.717, 1.165) is 58.0 Å². The van der Waals surface area contributed by atoms with Crippen LogP contribution in [0.15, 0.2) is 24.4 Å². The van der Waals surface area contributed by atoms with Gasteiger partial charge in [0.15, 0.2) is 5.01 Å². The summed E-state index contributed by atoms with van der Waals surface area (Å²) in [5, 5.41) is 14.3. The molecule has 1 saturated carbocycles. The summed E-state index contributed by atoms with van der Waals surface area (Å²) in [6.45, 7) is 7.46. The Hall–Kier alpha value is -2.71. The lowest BCUT2D eigenvalue weighted by molar-refractivity contribution is -0.949. The monoisotopic (exact) mass is 630 g/mol. The molecule has 0 unspecified atom stereocenters. The van der Waals surface area contributed by atoms with E-state index < -0.39 is 22.0 Å². The largest absolute Gasteiger partial charge is 0.343 e. The number of quaternary nitrogens is 1. The average Bonchev–Trinajstić information content (AvgIpc) is 3.56. The van der Waals surface area contributed by atoms with Crippen LogP contribution in [0.1, 0.15) is 79.1 Å². The molecule has 3 N–H and O–H groups in total. The number of aliphatic hydroxyl groups is 1. The molecule has 3 aromatic heterocycles. The Labute approximate surface area is 258 Å². The maximum Gasteiger partial charge on any atom is 0.302 e. The molecule has 5 rings (SSSR count). The topological polar surface area (TPSA) is 137 Å². The van der Waals surface area contributed by atoms with Gasteiger partial charge in [-0.3, -0.25) is 9.52 Å². The van der Waals surface area contributed by atoms with Gasteiger partial charge in [-0.25, -0.2) is 15.0 Å².